The third kappa shape index (κ3) is 2.51. The van der Waals surface area contributed by atoms with Crippen LogP contribution in [0.15, 0.2) is 36.4 Å². The summed E-state index contributed by atoms with van der Waals surface area (Å²) in [7, 11) is 0. The molecule has 0 bridgehead atoms. The molecule has 2 aliphatic rings. The van der Waals surface area contributed by atoms with E-state index >= 15 is 0 Å². The maximum Gasteiger partial charge on any atom is 0.280 e. The second-order valence-electron chi connectivity index (χ2n) is 8.49. The minimum atomic E-state index is -2.28. The molecule has 2 aromatic carbocycles. The normalized spacial score (nSPS) is 24.4. The average molecular weight is 424 g/mol. The summed E-state index contributed by atoms with van der Waals surface area (Å²) < 4.78 is 6.03. The monoisotopic (exact) mass is 424 g/mol. The van der Waals surface area contributed by atoms with Gasteiger partial charge in [0.1, 0.15) is 16.7 Å². The molecule has 162 valence electrons. The maximum atomic E-state index is 14.0. The van der Waals surface area contributed by atoms with Gasteiger partial charge in [-0.25, -0.2) is 0 Å². The Morgan fingerprint density at radius 3 is 2.55 bits per heavy atom. The van der Waals surface area contributed by atoms with Crippen molar-refractivity contribution in [1.82, 2.24) is 0 Å². The molecule has 0 radical (unpaired) electrons. The van der Waals surface area contributed by atoms with E-state index < -0.39 is 39.4 Å². The molecule has 0 aromatic heterocycles. The molecule has 1 amide bonds. The Morgan fingerprint density at radius 1 is 1.26 bits per heavy atom. The summed E-state index contributed by atoms with van der Waals surface area (Å²) >= 11 is 0. The van der Waals surface area contributed by atoms with E-state index in [1.54, 1.807) is 12.1 Å². The van der Waals surface area contributed by atoms with Crippen molar-refractivity contribution >= 4 is 17.4 Å². The van der Waals surface area contributed by atoms with Crippen molar-refractivity contribution in [1.29, 1.82) is 0 Å². The second-order valence-corrected chi connectivity index (χ2v) is 8.49. The summed E-state index contributed by atoms with van der Waals surface area (Å²) in [6, 6.07) is 9.26. The zero-order valence-electron chi connectivity index (χ0n) is 17.5. The van der Waals surface area contributed by atoms with Crippen molar-refractivity contribution in [3.8, 4) is 5.75 Å². The summed E-state index contributed by atoms with van der Waals surface area (Å²) in [5.74, 6) is -4.45. The topological polar surface area (TPSA) is 133 Å². The molecule has 0 spiro atoms. The molecule has 3 atom stereocenters. The average Bonchev–Trinajstić information content (AvgIpc) is 3.09. The number of hydrogen-bond acceptors (Lipinski definition) is 6. The van der Waals surface area contributed by atoms with Crippen molar-refractivity contribution in [2.24, 2.45) is 11.7 Å². The van der Waals surface area contributed by atoms with Gasteiger partial charge in [0.25, 0.3) is 11.5 Å². The maximum absolute atomic E-state index is 14.0. The highest BCUT2D eigenvalue weighted by Gasteiger charge is 2.75. The number of nitro benzene ring substituents is 1. The molecule has 0 fully saturated rings. The molecule has 4 rings (SSSR count). The number of nitrogens with zero attached hydrogens (tertiary/aromatic N) is 1. The first-order chi connectivity index (χ1) is 14.6. The van der Waals surface area contributed by atoms with Gasteiger partial charge in [-0.3, -0.25) is 19.7 Å². The molecule has 1 heterocycles. The number of carbonyl (C=O) groups excluding carboxylic acids is 2. The molecule has 1 aliphatic heterocycles. The first kappa shape index (κ1) is 21.0. The van der Waals surface area contributed by atoms with E-state index in [-0.39, 0.29) is 29.2 Å². The third-order valence-electron chi connectivity index (χ3n) is 6.52. The molecule has 0 saturated carbocycles. The Kier molecular flexibility index (Phi) is 4.66. The lowest BCUT2D eigenvalue weighted by Gasteiger charge is -2.38. The molecule has 0 saturated heterocycles. The lowest BCUT2D eigenvalue weighted by molar-refractivity contribution is -0.385. The highest BCUT2D eigenvalue weighted by atomic mass is 16.6. The Bertz CT molecular complexity index is 1130. The zero-order valence-corrected chi connectivity index (χ0v) is 17.5. The number of fused-ring (bicyclic) bond motifs is 5. The summed E-state index contributed by atoms with van der Waals surface area (Å²) in [4.78, 5) is 37.6. The second kappa shape index (κ2) is 6.88. The molecule has 8 heteroatoms. The minimum Gasteiger partial charge on any atom is -0.456 e. The van der Waals surface area contributed by atoms with Crippen LogP contribution in [0.1, 0.15) is 66.6 Å². The Balaban J connectivity index is 2.09. The van der Waals surface area contributed by atoms with E-state index in [0.717, 1.165) is 5.56 Å². The summed E-state index contributed by atoms with van der Waals surface area (Å²) in [5, 5.41) is 23.6. The van der Waals surface area contributed by atoms with E-state index in [2.05, 4.69) is 0 Å². The number of nitro groups is 1. The number of ether oxygens (including phenoxy) is 1. The van der Waals surface area contributed by atoms with Crippen molar-refractivity contribution in [3.63, 3.8) is 0 Å². The highest BCUT2D eigenvalue weighted by molar-refractivity contribution is 6.15. The first-order valence-electron chi connectivity index (χ1n) is 10.3. The van der Waals surface area contributed by atoms with Gasteiger partial charge in [0.2, 0.25) is 5.91 Å². The molecular formula is C23H24N2O6. The molecule has 1 aliphatic carbocycles. The lowest BCUT2D eigenvalue weighted by atomic mass is 9.63. The van der Waals surface area contributed by atoms with E-state index in [1.165, 1.54) is 18.2 Å². The fourth-order valence-corrected chi connectivity index (χ4v) is 5.13. The predicted octanol–water partition coefficient (Wildman–Crippen LogP) is 3.29. The summed E-state index contributed by atoms with van der Waals surface area (Å²) in [5.41, 5.74) is 4.41. The largest absolute Gasteiger partial charge is 0.456 e. The number of primary amides is 1. The van der Waals surface area contributed by atoms with Gasteiger partial charge in [-0.2, -0.15) is 0 Å². The SMILES string of the molecule is CCCC(C(N)=O)C12C(=O)c3c([N+](=O)[O-])cccc3C1(O)Oc1cc(C(C)C)ccc12. The van der Waals surface area contributed by atoms with Gasteiger partial charge in [0, 0.05) is 17.2 Å². The highest BCUT2D eigenvalue weighted by Crippen LogP contribution is 2.64. The van der Waals surface area contributed by atoms with Gasteiger partial charge in [-0.1, -0.05) is 51.5 Å². The van der Waals surface area contributed by atoms with Gasteiger partial charge in [0.15, 0.2) is 5.78 Å². The number of benzene rings is 2. The number of rotatable bonds is 6. The van der Waals surface area contributed by atoms with Crippen LogP contribution in [0.4, 0.5) is 5.69 Å². The molecule has 3 unspecified atom stereocenters. The standard InChI is InChI=1S/C23H24N2O6/c1-4-6-16(21(24)27)22-14-10-9-13(12(2)3)11-18(14)31-23(22,28)15-7-5-8-17(25(29)30)19(15)20(22)26/h5,7-12,16,28H,4,6H2,1-3H3,(H2,24,27). The summed E-state index contributed by atoms with van der Waals surface area (Å²) in [6.07, 6.45) is 0.719. The van der Waals surface area contributed by atoms with Crippen LogP contribution in [0, 0.1) is 16.0 Å². The number of aliphatic hydroxyl groups is 1. The van der Waals surface area contributed by atoms with Crippen LogP contribution < -0.4 is 10.5 Å². The fraction of sp³-hybridized carbons (Fsp3) is 0.391. The fourth-order valence-electron chi connectivity index (χ4n) is 5.13. The third-order valence-corrected chi connectivity index (χ3v) is 6.52. The van der Waals surface area contributed by atoms with Crippen LogP contribution in [0.2, 0.25) is 0 Å². The van der Waals surface area contributed by atoms with Crippen LogP contribution in [0.25, 0.3) is 0 Å². The van der Waals surface area contributed by atoms with E-state index in [9.17, 15) is 24.8 Å². The van der Waals surface area contributed by atoms with Crippen LogP contribution in [0.3, 0.4) is 0 Å². The Labute approximate surface area is 179 Å². The van der Waals surface area contributed by atoms with Crippen molar-refractivity contribution < 1.29 is 24.4 Å². The molecule has 8 nitrogen and oxygen atoms in total. The number of Topliss-reactive ketones (excluding diaryl/α,β-unsaturated/α-hetero) is 1. The molecule has 2 aromatic rings. The van der Waals surface area contributed by atoms with Crippen molar-refractivity contribution in [2.45, 2.75) is 50.7 Å². The predicted molar refractivity (Wildman–Crippen MR) is 112 cm³/mol. The quantitative estimate of drug-likeness (QED) is 0.540. The smallest absolute Gasteiger partial charge is 0.280 e. The van der Waals surface area contributed by atoms with E-state index in [4.69, 9.17) is 10.5 Å². The minimum absolute atomic E-state index is 0.0173. The number of nitrogens with two attached hydrogens (primary N) is 1. The van der Waals surface area contributed by atoms with Crippen LogP contribution in [0.5, 0.6) is 5.75 Å². The number of carbonyl (C=O) groups is 2. The summed E-state index contributed by atoms with van der Waals surface area (Å²) in [6.45, 7) is 5.82. The number of ketones is 1. The van der Waals surface area contributed by atoms with Gasteiger partial charge >= 0.3 is 0 Å². The van der Waals surface area contributed by atoms with Crippen LogP contribution in [-0.4, -0.2) is 21.7 Å². The van der Waals surface area contributed by atoms with Gasteiger partial charge in [-0.15, -0.1) is 0 Å². The van der Waals surface area contributed by atoms with Gasteiger partial charge in [-0.05, 0) is 24.0 Å². The van der Waals surface area contributed by atoms with E-state index in [1.807, 2.05) is 26.8 Å². The van der Waals surface area contributed by atoms with Gasteiger partial charge in [0.05, 0.1) is 10.8 Å². The number of amides is 1. The van der Waals surface area contributed by atoms with Crippen molar-refractivity contribution in [3.05, 3.63) is 68.8 Å². The Hall–Kier alpha value is -3.26. The zero-order chi connectivity index (χ0) is 22.7. The van der Waals surface area contributed by atoms with Crippen LogP contribution in [-0.2, 0) is 16.0 Å². The Morgan fingerprint density at radius 2 is 1.97 bits per heavy atom. The van der Waals surface area contributed by atoms with Gasteiger partial charge < -0.3 is 15.6 Å². The first-order valence-corrected chi connectivity index (χ1v) is 10.3. The number of hydrogen-bond donors (Lipinski definition) is 2. The van der Waals surface area contributed by atoms with Crippen LogP contribution >= 0.6 is 0 Å². The molecule has 3 N–H and O–H groups in total. The molecule has 31 heavy (non-hydrogen) atoms. The lowest BCUT2D eigenvalue weighted by Crippen LogP contribution is -2.57. The van der Waals surface area contributed by atoms with E-state index in [0.29, 0.717) is 12.0 Å². The molecular weight excluding hydrogens is 400 g/mol. The van der Waals surface area contributed by atoms with Crippen molar-refractivity contribution in [2.75, 3.05) is 0 Å².